The summed E-state index contributed by atoms with van der Waals surface area (Å²) in [5, 5.41) is 1.12. The minimum Gasteiger partial charge on any atom is -0.462 e. The van der Waals surface area contributed by atoms with Gasteiger partial charge in [-0.15, -0.1) is 0 Å². The van der Waals surface area contributed by atoms with Gasteiger partial charge in [0.2, 0.25) is 0 Å². The van der Waals surface area contributed by atoms with E-state index < -0.39 is 0 Å². The Bertz CT molecular complexity index is 497. The van der Waals surface area contributed by atoms with Crippen LogP contribution in [-0.2, 0) is 5.54 Å². The van der Waals surface area contributed by atoms with Crippen molar-refractivity contribution in [3.05, 3.63) is 30.3 Å². The Morgan fingerprint density at radius 3 is 2.88 bits per heavy atom. The van der Waals surface area contributed by atoms with Gasteiger partial charge in [0.15, 0.2) is 5.58 Å². The highest BCUT2D eigenvalue weighted by Crippen LogP contribution is 2.38. The maximum Gasteiger partial charge on any atom is 0.152 e. The predicted octanol–water partition coefficient (Wildman–Crippen LogP) is 2.95. The fourth-order valence-electron chi connectivity index (χ4n) is 2.72. The number of hydrogen-bond donors (Lipinski definition) is 1. The van der Waals surface area contributed by atoms with Crippen molar-refractivity contribution in [3.8, 4) is 0 Å². The molecule has 2 N–H and O–H groups in total. The molecule has 16 heavy (non-hydrogen) atoms. The number of pyridine rings is 1. The van der Waals surface area contributed by atoms with Crippen LogP contribution in [0.25, 0.3) is 11.0 Å². The van der Waals surface area contributed by atoms with Crippen LogP contribution in [-0.4, -0.2) is 4.98 Å². The van der Waals surface area contributed by atoms with E-state index in [0.29, 0.717) is 0 Å². The van der Waals surface area contributed by atoms with Gasteiger partial charge in [0.25, 0.3) is 0 Å². The number of nitrogens with zero attached hydrogens (tertiary/aromatic N) is 1. The van der Waals surface area contributed by atoms with Gasteiger partial charge in [-0.1, -0.05) is 19.3 Å². The largest absolute Gasteiger partial charge is 0.462 e. The van der Waals surface area contributed by atoms with E-state index in [1.807, 2.05) is 12.3 Å². The number of nitrogens with two attached hydrogens (primary N) is 1. The molecule has 0 bridgehead atoms. The van der Waals surface area contributed by atoms with Crippen molar-refractivity contribution in [1.29, 1.82) is 0 Å². The quantitative estimate of drug-likeness (QED) is 0.797. The number of rotatable bonds is 1. The summed E-state index contributed by atoms with van der Waals surface area (Å²) in [6.45, 7) is 0. The Kier molecular flexibility index (Phi) is 2.21. The van der Waals surface area contributed by atoms with Gasteiger partial charge in [0, 0.05) is 22.7 Å². The monoisotopic (exact) mass is 216 g/mol. The van der Waals surface area contributed by atoms with E-state index >= 15 is 0 Å². The molecule has 0 saturated heterocycles. The maximum absolute atomic E-state index is 6.51. The third-order valence-electron chi connectivity index (χ3n) is 3.66. The van der Waals surface area contributed by atoms with Gasteiger partial charge in [0.1, 0.15) is 0 Å². The van der Waals surface area contributed by atoms with Crippen LogP contribution >= 0.6 is 0 Å². The lowest BCUT2D eigenvalue weighted by Crippen LogP contribution is -2.38. The molecular weight excluding hydrogens is 200 g/mol. The first-order valence-corrected chi connectivity index (χ1v) is 5.90. The summed E-state index contributed by atoms with van der Waals surface area (Å²) >= 11 is 0. The van der Waals surface area contributed by atoms with Crippen LogP contribution in [0, 0.1) is 0 Å². The Labute approximate surface area is 94.7 Å². The smallest absolute Gasteiger partial charge is 0.152 e. The molecule has 0 unspecified atom stereocenters. The van der Waals surface area contributed by atoms with Crippen molar-refractivity contribution in [2.75, 3.05) is 0 Å². The van der Waals surface area contributed by atoms with E-state index in [9.17, 15) is 0 Å². The predicted molar refractivity (Wildman–Crippen MR) is 63.0 cm³/mol. The average molecular weight is 216 g/mol. The molecule has 2 heterocycles. The van der Waals surface area contributed by atoms with Crippen molar-refractivity contribution < 1.29 is 4.42 Å². The molecule has 2 aromatic heterocycles. The summed E-state index contributed by atoms with van der Waals surface area (Å²) in [6.07, 6.45) is 11.2. The normalized spacial score (nSPS) is 20.1. The third kappa shape index (κ3) is 1.43. The number of aromatic nitrogens is 1. The fourth-order valence-corrected chi connectivity index (χ4v) is 2.72. The van der Waals surface area contributed by atoms with Crippen LogP contribution in [0.15, 0.2) is 29.1 Å². The molecule has 0 spiro atoms. The van der Waals surface area contributed by atoms with E-state index in [1.165, 1.54) is 19.3 Å². The van der Waals surface area contributed by atoms with Gasteiger partial charge in [-0.2, -0.15) is 0 Å². The van der Waals surface area contributed by atoms with Gasteiger partial charge < -0.3 is 10.2 Å². The van der Waals surface area contributed by atoms with Crippen LogP contribution in [0.5, 0.6) is 0 Å². The fraction of sp³-hybridized carbons (Fsp3) is 0.462. The van der Waals surface area contributed by atoms with Gasteiger partial charge in [-0.05, 0) is 18.9 Å². The van der Waals surface area contributed by atoms with E-state index in [-0.39, 0.29) is 5.54 Å². The molecule has 2 aromatic rings. The van der Waals surface area contributed by atoms with Crippen LogP contribution < -0.4 is 5.73 Å². The maximum atomic E-state index is 6.51. The first kappa shape index (κ1) is 9.85. The molecule has 3 rings (SSSR count). The molecule has 0 atom stereocenters. The highest BCUT2D eigenvalue weighted by Gasteiger charge is 2.32. The zero-order valence-electron chi connectivity index (χ0n) is 9.28. The molecule has 0 amide bonds. The minimum absolute atomic E-state index is 0.190. The second kappa shape index (κ2) is 3.59. The molecule has 84 valence electrons. The van der Waals surface area contributed by atoms with Crippen molar-refractivity contribution in [2.45, 2.75) is 37.6 Å². The Morgan fingerprint density at radius 1 is 1.25 bits per heavy atom. The van der Waals surface area contributed by atoms with Gasteiger partial charge in [-0.25, -0.2) is 0 Å². The number of fused-ring (bicyclic) bond motifs is 1. The Balaban J connectivity index is 2.11. The average Bonchev–Trinajstić information content (AvgIpc) is 2.74. The van der Waals surface area contributed by atoms with E-state index in [1.54, 1.807) is 12.4 Å². The minimum atomic E-state index is -0.190. The topological polar surface area (TPSA) is 52.0 Å². The molecule has 0 aliphatic heterocycles. The zero-order chi connectivity index (χ0) is 11.0. The van der Waals surface area contributed by atoms with Crippen LogP contribution in [0.1, 0.15) is 37.7 Å². The van der Waals surface area contributed by atoms with E-state index in [2.05, 4.69) is 4.98 Å². The summed E-state index contributed by atoms with van der Waals surface area (Å²) in [5.74, 6) is 0. The first-order chi connectivity index (χ1) is 7.80. The molecule has 0 radical (unpaired) electrons. The Hall–Kier alpha value is -1.35. The molecular formula is C13H16N2O. The second-order valence-corrected chi connectivity index (χ2v) is 4.74. The van der Waals surface area contributed by atoms with Crippen LogP contribution in [0.4, 0.5) is 0 Å². The van der Waals surface area contributed by atoms with Gasteiger partial charge in [0.05, 0.1) is 12.5 Å². The van der Waals surface area contributed by atoms with E-state index in [0.717, 1.165) is 29.4 Å². The van der Waals surface area contributed by atoms with Gasteiger partial charge in [-0.3, -0.25) is 4.98 Å². The van der Waals surface area contributed by atoms with Crippen molar-refractivity contribution in [1.82, 2.24) is 4.98 Å². The molecule has 3 heteroatoms. The number of furan rings is 1. The third-order valence-corrected chi connectivity index (χ3v) is 3.66. The van der Waals surface area contributed by atoms with Gasteiger partial charge >= 0.3 is 0 Å². The van der Waals surface area contributed by atoms with E-state index in [4.69, 9.17) is 10.2 Å². The summed E-state index contributed by atoms with van der Waals surface area (Å²) in [4.78, 5) is 4.06. The van der Waals surface area contributed by atoms with Crippen LogP contribution in [0.2, 0.25) is 0 Å². The van der Waals surface area contributed by atoms with Crippen LogP contribution in [0.3, 0.4) is 0 Å². The van der Waals surface area contributed by atoms with Crippen molar-refractivity contribution >= 4 is 11.0 Å². The lowest BCUT2D eigenvalue weighted by molar-refractivity contribution is 0.302. The summed E-state index contributed by atoms with van der Waals surface area (Å²) in [6, 6.07) is 2.00. The van der Waals surface area contributed by atoms with Crippen molar-refractivity contribution in [2.24, 2.45) is 5.73 Å². The summed E-state index contributed by atoms with van der Waals surface area (Å²) < 4.78 is 5.52. The Morgan fingerprint density at radius 2 is 2.06 bits per heavy atom. The first-order valence-electron chi connectivity index (χ1n) is 5.90. The molecule has 1 aliphatic carbocycles. The molecule has 1 fully saturated rings. The molecule has 1 saturated carbocycles. The molecule has 0 aromatic carbocycles. The molecule has 1 aliphatic rings. The number of hydrogen-bond acceptors (Lipinski definition) is 3. The highest BCUT2D eigenvalue weighted by molar-refractivity contribution is 5.81. The summed E-state index contributed by atoms with van der Waals surface area (Å²) in [5.41, 5.74) is 8.32. The highest BCUT2D eigenvalue weighted by atomic mass is 16.3. The molecule has 3 nitrogen and oxygen atoms in total. The second-order valence-electron chi connectivity index (χ2n) is 4.74. The lowest BCUT2D eigenvalue weighted by Gasteiger charge is -2.32. The zero-order valence-corrected chi connectivity index (χ0v) is 9.28. The standard InChI is InChI=1S/C13H16N2O/c14-13(5-2-1-3-6-13)11-9-16-12-8-15-7-4-10(11)12/h4,7-9H,1-3,5-6,14H2. The lowest BCUT2D eigenvalue weighted by atomic mass is 9.77. The SMILES string of the molecule is NC1(c2coc3cnccc23)CCCCC1. The van der Waals surface area contributed by atoms with Crippen molar-refractivity contribution in [3.63, 3.8) is 0 Å². The summed E-state index contributed by atoms with van der Waals surface area (Å²) in [7, 11) is 0.